The molecule has 0 aliphatic rings. The van der Waals surface area contributed by atoms with E-state index in [1.807, 2.05) is 52.6 Å². The first-order valence-electron chi connectivity index (χ1n) is 6.88. The van der Waals surface area contributed by atoms with Crippen molar-refractivity contribution in [2.45, 2.75) is 6.54 Å². The lowest BCUT2D eigenvalue weighted by Crippen LogP contribution is -2.22. The van der Waals surface area contributed by atoms with Crippen LogP contribution in [0.5, 0.6) is 0 Å². The Balaban J connectivity index is 1.89. The summed E-state index contributed by atoms with van der Waals surface area (Å²) < 4.78 is 4.92. The fourth-order valence-corrected chi connectivity index (χ4v) is 3.99. The maximum atomic E-state index is 8.35. The van der Waals surface area contributed by atoms with E-state index in [0.717, 1.165) is 21.6 Å². The highest BCUT2D eigenvalue weighted by Gasteiger charge is 2.13. The van der Waals surface area contributed by atoms with Crippen molar-refractivity contribution in [3.8, 4) is 0 Å². The van der Waals surface area contributed by atoms with Crippen molar-refractivity contribution in [1.29, 1.82) is 5.41 Å². The molecule has 0 saturated heterocycles. The number of para-hydroxylation sites is 2. The van der Waals surface area contributed by atoms with Gasteiger partial charge in [-0.15, -0.1) is 11.3 Å². The minimum Gasteiger partial charge on any atom is -0.312 e. The molecule has 0 atom stereocenters. The Hall–Kier alpha value is -2.11. The summed E-state index contributed by atoms with van der Waals surface area (Å²) in [4.78, 5) is 4.66. The number of aryl methyl sites for hydroxylation is 1. The lowest BCUT2D eigenvalue weighted by molar-refractivity contribution is 0.693. The molecule has 4 rings (SSSR count). The standard InChI is InChI=1S/C16H13ClN4S/c1-20-15-10(17)5-4-7-12(15)21(16(20)18)9-14-19-11-6-2-3-8-13(11)22-14/h2-8,18H,9H2,1H3. The van der Waals surface area contributed by atoms with Crippen molar-refractivity contribution < 1.29 is 0 Å². The van der Waals surface area contributed by atoms with Crippen molar-refractivity contribution in [3.63, 3.8) is 0 Å². The highest BCUT2D eigenvalue weighted by atomic mass is 35.5. The first kappa shape index (κ1) is 13.5. The number of thiazole rings is 1. The Morgan fingerprint density at radius 1 is 1.18 bits per heavy atom. The van der Waals surface area contributed by atoms with Gasteiger partial charge in [0, 0.05) is 7.05 Å². The molecule has 0 fully saturated rings. The predicted molar refractivity (Wildman–Crippen MR) is 90.5 cm³/mol. The SMILES string of the molecule is Cn1c(=N)n(Cc2nc3ccccc3s2)c2cccc(Cl)c21. The molecule has 0 aliphatic heterocycles. The van der Waals surface area contributed by atoms with Gasteiger partial charge in [-0.1, -0.05) is 29.8 Å². The second-order valence-corrected chi connectivity index (χ2v) is 6.67. The van der Waals surface area contributed by atoms with Crippen LogP contribution in [0.3, 0.4) is 0 Å². The van der Waals surface area contributed by atoms with Crippen LogP contribution in [0.4, 0.5) is 0 Å². The lowest BCUT2D eigenvalue weighted by Gasteiger charge is -2.01. The molecule has 0 radical (unpaired) electrons. The van der Waals surface area contributed by atoms with E-state index < -0.39 is 0 Å². The number of imidazole rings is 1. The van der Waals surface area contributed by atoms with E-state index >= 15 is 0 Å². The van der Waals surface area contributed by atoms with Gasteiger partial charge in [0.05, 0.1) is 32.8 Å². The zero-order valence-corrected chi connectivity index (χ0v) is 13.4. The fourth-order valence-electron chi connectivity index (χ4n) is 2.74. The third kappa shape index (κ3) is 1.97. The fraction of sp³-hybridized carbons (Fsp3) is 0.125. The normalized spacial score (nSPS) is 11.5. The molecule has 2 aromatic carbocycles. The molecule has 1 N–H and O–H groups in total. The van der Waals surface area contributed by atoms with Gasteiger partial charge in [-0.25, -0.2) is 4.98 Å². The van der Waals surface area contributed by atoms with Crippen molar-refractivity contribution in [1.82, 2.24) is 14.1 Å². The number of hydrogen-bond donors (Lipinski definition) is 1. The molecular formula is C16H13ClN4S. The molecule has 0 aliphatic carbocycles. The van der Waals surface area contributed by atoms with E-state index in [4.69, 9.17) is 17.0 Å². The molecule has 2 aromatic heterocycles. The summed E-state index contributed by atoms with van der Waals surface area (Å²) in [6, 6.07) is 13.9. The smallest absolute Gasteiger partial charge is 0.203 e. The zero-order valence-electron chi connectivity index (χ0n) is 11.9. The molecule has 0 saturated carbocycles. The van der Waals surface area contributed by atoms with Crippen molar-refractivity contribution in [2.75, 3.05) is 0 Å². The summed E-state index contributed by atoms with van der Waals surface area (Å²) in [5.74, 6) is 0. The van der Waals surface area contributed by atoms with Gasteiger partial charge in [0.2, 0.25) is 5.62 Å². The molecule has 0 spiro atoms. The van der Waals surface area contributed by atoms with Crippen LogP contribution in [-0.4, -0.2) is 14.1 Å². The van der Waals surface area contributed by atoms with Gasteiger partial charge < -0.3 is 9.13 Å². The van der Waals surface area contributed by atoms with Gasteiger partial charge in [-0.3, -0.25) is 5.41 Å². The number of halogens is 1. The Bertz CT molecular complexity index is 1020. The number of fused-ring (bicyclic) bond motifs is 2. The maximum Gasteiger partial charge on any atom is 0.203 e. The first-order chi connectivity index (χ1) is 10.6. The van der Waals surface area contributed by atoms with Crippen LogP contribution in [0.1, 0.15) is 5.01 Å². The van der Waals surface area contributed by atoms with Crippen LogP contribution in [-0.2, 0) is 13.6 Å². The van der Waals surface area contributed by atoms with Gasteiger partial charge in [0.25, 0.3) is 0 Å². The van der Waals surface area contributed by atoms with Crippen molar-refractivity contribution in [3.05, 3.63) is 58.1 Å². The number of hydrogen-bond acceptors (Lipinski definition) is 3. The van der Waals surface area contributed by atoms with Gasteiger partial charge in [-0.2, -0.15) is 0 Å². The third-order valence-corrected chi connectivity index (χ3v) is 5.12. The second kappa shape index (κ2) is 4.97. The van der Waals surface area contributed by atoms with Crippen LogP contribution < -0.4 is 5.62 Å². The summed E-state index contributed by atoms with van der Waals surface area (Å²) >= 11 is 7.95. The van der Waals surface area contributed by atoms with Crippen molar-refractivity contribution >= 4 is 44.2 Å². The van der Waals surface area contributed by atoms with Crippen LogP contribution in [0.25, 0.3) is 21.3 Å². The Labute approximate surface area is 135 Å². The zero-order chi connectivity index (χ0) is 15.3. The van der Waals surface area contributed by atoms with E-state index in [-0.39, 0.29) is 0 Å². The van der Waals surface area contributed by atoms with E-state index in [0.29, 0.717) is 17.2 Å². The number of benzene rings is 2. The molecule has 4 nitrogen and oxygen atoms in total. The Morgan fingerprint density at radius 3 is 2.82 bits per heavy atom. The largest absolute Gasteiger partial charge is 0.312 e. The number of rotatable bonds is 2. The molecule has 4 aromatic rings. The summed E-state index contributed by atoms with van der Waals surface area (Å²) in [7, 11) is 1.87. The van der Waals surface area contributed by atoms with Crippen molar-refractivity contribution in [2.24, 2.45) is 7.05 Å². The topological polar surface area (TPSA) is 46.6 Å². The first-order valence-corrected chi connectivity index (χ1v) is 8.07. The molecule has 2 heterocycles. The van der Waals surface area contributed by atoms with Crippen LogP contribution in [0, 0.1) is 5.41 Å². The predicted octanol–water partition coefficient (Wildman–Crippen LogP) is 3.77. The van der Waals surface area contributed by atoms with Crippen LogP contribution in [0.2, 0.25) is 5.02 Å². The minimum absolute atomic E-state index is 0.419. The minimum atomic E-state index is 0.419. The quantitative estimate of drug-likeness (QED) is 0.598. The van der Waals surface area contributed by atoms with Gasteiger partial charge in [-0.05, 0) is 24.3 Å². The van der Waals surface area contributed by atoms with E-state index in [1.54, 1.807) is 11.3 Å². The molecule has 0 amide bonds. The van der Waals surface area contributed by atoms with Crippen LogP contribution >= 0.6 is 22.9 Å². The summed E-state index contributed by atoms with van der Waals surface area (Å²) in [5.41, 5.74) is 3.27. The lowest BCUT2D eigenvalue weighted by atomic mass is 10.3. The van der Waals surface area contributed by atoms with Gasteiger partial charge in [0.15, 0.2) is 0 Å². The molecule has 6 heteroatoms. The Kier molecular flexibility index (Phi) is 3.06. The average molecular weight is 329 g/mol. The molecule has 110 valence electrons. The monoisotopic (exact) mass is 328 g/mol. The van der Waals surface area contributed by atoms with E-state index in [1.165, 1.54) is 4.70 Å². The second-order valence-electron chi connectivity index (χ2n) is 5.15. The summed E-state index contributed by atoms with van der Waals surface area (Å²) in [6.07, 6.45) is 0. The molecule has 0 unspecified atom stereocenters. The van der Waals surface area contributed by atoms with Crippen LogP contribution in [0.15, 0.2) is 42.5 Å². The molecular weight excluding hydrogens is 316 g/mol. The number of nitrogens with zero attached hydrogens (tertiary/aromatic N) is 3. The highest BCUT2D eigenvalue weighted by Crippen LogP contribution is 2.25. The van der Waals surface area contributed by atoms with Gasteiger partial charge in [0.1, 0.15) is 5.01 Å². The third-order valence-electron chi connectivity index (χ3n) is 3.80. The summed E-state index contributed by atoms with van der Waals surface area (Å²) in [5, 5.41) is 10.0. The highest BCUT2D eigenvalue weighted by molar-refractivity contribution is 7.18. The average Bonchev–Trinajstić information content (AvgIpc) is 3.03. The number of aromatic nitrogens is 3. The molecule has 0 bridgehead atoms. The summed E-state index contributed by atoms with van der Waals surface area (Å²) in [6.45, 7) is 0.579. The maximum absolute atomic E-state index is 8.35. The number of nitrogens with one attached hydrogen (secondary N) is 1. The molecule has 22 heavy (non-hydrogen) atoms. The van der Waals surface area contributed by atoms with Gasteiger partial charge >= 0.3 is 0 Å². The van der Waals surface area contributed by atoms with E-state index in [9.17, 15) is 0 Å². The Morgan fingerprint density at radius 2 is 2.00 bits per heavy atom. The van der Waals surface area contributed by atoms with E-state index in [2.05, 4.69) is 11.1 Å².